The second-order valence-electron chi connectivity index (χ2n) is 3.47. The minimum absolute atomic E-state index is 0.0157. The van der Waals surface area contributed by atoms with E-state index < -0.39 is 5.97 Å². The van der Waals surface area contributed by atoms with E-state index in [2.05, 4.69) is 6.07 Å². The molecule has 0 saturated heterocycles. The minimum Gasteiger partial charge on any atom is -0.481 e. The summed E-state index contributed by atoms with van der Waals surface area (Å²) < 4.78 is 0. The quantitative estimate of drug-likeness (QED) is 0.817. The van der Waals surface area contributed by atoms with Crippen LogP contribution in [0.2, 0.25) is 0 Å². The fourth-order valence-corrected chi connectivity index (χ4v) is 1.59. The van der Waals surface area contributed by atoms with Crippen molar-refractivity contribution in [1.82, 2.24) is 0 Å². The van der Waals surface area contributed by atoms with Crippen LogP contribution in [0.15, 0.2) is 12.1 Å². The van der Waals surface area contributed by atoms with Crippen LogP contribution in [0.3, 0.4) is 0 Å². The molecule has 1 aromatic carbocycles. The fourth-order valence-electron chi connectivity index (χ4n) is 1.59. The number of hydrogen-bond donors (Lipinski definition) is 1. The second kappa shape index (κ2) is 4.61. The van der Waals surface area contributed by atoms with Crippen molar-refractivity contribution in [1.29, 1.82) is 5.26 Å². The van der Waals surface area contributed by atoms with Gasteiger partial charge in [-0.1, -0.05) is 13.0 Å². The van der Waals surface area contributed by atoms with E-state index in [4.69, 9.17) is 10.4 Å². The van der Waals surface area contributed by atoms with Crippen molar-refractivity contribution in [3.8, 4) is 6.07 Å². The highest BCUT2D eigenvalue weighted by molar-refractivity contribution is 5.71. The van der Waals surface area contributed by atoms with Crippen molar-refractivity contribution in [2.24, 2.45) is 0 Å². The SMILES string of the molecule is CCc1cc(C)c(C#N)cc1CC(=O)O. The van der Waals surface area contributed by atoms with Crippen LogP contribution in [0.5, 0.6) is 0 Å². The molecule has 15 heavy (non-hydrogen) atoms. The number of benzene rings is 1. The maximum Gasteiger partial charge on any atom is 0.307 e. The first-order chi connectivity index (χ1) is 7.08. The average molecular weight is 203 g/mol. The van der Waals surface area contributed by atoms with Crippen LogP contribution in [-0.2, 0) is 17.6 Å². The lowest BCUT2D eigenvalue weighted by atomic mass is 9.96. The molecule has 0 radical (unpaired) electrons. The van der Waals surface area contributed by atoms with Gasteiger partial charge in [-0.25, -0.2) is 0 Å². The third-order valence-corrected chi connectivity index (χ3v) is 2.39. The first-order valence-electron chi connectivity index (χ1n) is 4.82. The Morgan fingerprint density at radius 2 is 2.13 bits per heavy atom. The molecule has 3 heteroatoms. The van der Waals surface area contributed by atoms with Crippen LogP contribution in [0, 0.1) is 18.3 Å². The first-order valence-corrected chi connectivity index (χ1v) is 4.82. The van der Waals surface area contributed by atoms with E-state index in [1.807, 2.05) is 19.9 Å². The number of nitriles is 1. The third kappa shape index (κ3) is 2.57. The minimum atomic E-state index is -0.863. The Kier molecular flexibility index (Phi) is 3.46. The van der Waals surface area contributed by atoms with Crippen LogP contribution >= 0.6 is 0 Å². The summed E-state index contributed by atoms with van der Waals surface area (Å²) in [6.07, 6.45) is 0.771. The van der Waals surface area contributed by atoms with Crippen molar-refractivity contribution in [2.45, 2.75) is 26.7 Å². The summed E-state index contributed by atoms with van der Waals surface area (Å²) in [5.41, 5.74) is 3.22. The van der Waals surface area contributed by atoms with Gasteiger partial charge in [-0.15, -0.1) is 0 Å². The molecule has 0 aromatic heterocycles. The van der Waals surface area contributed by atoms with E-state index in [0.717, 1.165) is 23.1 Å². The lowest BCUT2D eigenvalue weighted by Gasteiger charge is -2.08. The van der Waals surface area contributed by atoms with Crippen LogP contribution < -0.4 is 0 Å². The largest absolute Gasteiger partial charge is 0.481 e. The van der Waals surface area contributed by atoms with E-state index >= 15 is 0 Å². The second-order valence-corrected chi connectivity index (χ2v) is 3.47. The maximum atomic E-state index is 10.6. The topological polar surface area (TPSA) is 61.1 Å². The molecular weight excluding hydrogens is 190 g/mol. The van der Waals surface area contributed by atoms with Gasteiger partial charge >= 0.3 is 5.97 Å². The molecule has 0 aliphatic carbocycles. The zero-order valence-corrected chi connectivity index (χ0v) is 8.87. The Hall–Kier alpha value is -1.82. The predicted molar refractivity (Wildman–Crippen MR) is 56.6 cm³/mol. The Balaban J connectivity index is 3.23. The molecule has 0 amide bonds. The molecule has 0 unspecified atom stereocenters. The van der Waals surface area contributed by atoms with Gasteiger partial charge in [-0.3, -0.25) is 4.79 Å². The van der Waals surface area contributed by atoms with E-state index in [0.29, 0.717) is 5.56 Å². The van der Waals surface area contributed by atoms with Crippen molar-refractivity contribution >= 4 is 5.97 Å². The Morgan fingerprint density at radius 1 is 1.47 bits per heavy atom. The first kappa shape index (κ1) is 11.3. The molecule has 0 bridgehead atoms. The molecule has 1 aromatic rings. The van der Waals surface area contributed by atoms with Crippen molar-refractivity contribution in [3.05, 3.63) is 34.4 Å². The number of carbonyl (C=O) groups is 1. The van der Waals surface area contributed by atoms with Gasteiger partial charge in [-0.05, 0) is 36.1 Å². The Morgan fingerprint density at radius 3 is 2.60 bits per heavy atom. The molecule has 0 aliphatic heterocycles. The number of aryl methyl sites for hydroxylation is 2. The summed E-state index contributed by atoms with van der Waals surface area (Å²) in [5, 5.41) is 17.6. The highest BCUT2D eigenvalue weighted by atomic mass is 16.4. The highest BCUT2D eigenvalue weighted by Crippen LogP contribution is 2.17. The van der Waals surface area contributed by atoms with E-state index in [1.165, 1.54) is 0 Å². The Labute approximate surface area is 89.0 Å². The summed E-state index contributed by atoms with van der Waals surface area (Å²) >= 11 is 0. The standard InChI is InChI=1S/C12H13NO2/c1-3-9-4-8(2)11(7-13)5-10(9)6-12(14)15/h4-5H,3,6H2,1-2H3,(H,14,15). The molecular formula is C12H13NO2. The van der Waals surface area contributed by atoms with Gasteiger partial charge in [0.15, 0.2) is 0 Å². The molecule has 0 aliphatic rings. The van der Waals surface area contributed by atoms with Crippen molar-refractivity contribution < 1.29 is 9.90 Å². The van der Waals surface area contributed by atoms with Gasteiger partial charge in [0.05, 0.1) is 18.1 Å². The molecule has 1 N–H and O–H groups in total. The number of rotatable bonds is 3. The molecule has 0 spiro atoms. The third-order valence-electron chi connectivity index (χ3n) is 2.39. The zero-order chi connectivity index (χ0) is 11.4. The van der Waals surface area contributed by atoms with Crippen molar-refractivity contribution in [2.75, 3.05) is 0 Å². The summed E-state index contributed by atoms with van der Waals surface area (Å²) in [6.45, 7) is 3.84. The summed E-state index contributed by atoms with van der Waals surface area (Å²) in [6, 6.07) is 5.65. The maximum absolute atomic E-state index is 10.6. The van der Waals surface area contributed by atoms with Crippen LogP contribution in [-0.4, -0.2) is 11.1 Å². The Bertz CT molecular complexity index is 430. The van der Waals surface area contributed by atoms with Crippen LogP contribution in [0.1, 0.15) is 29.2 Å². The van der Waals surface area contributed by atoms with Crippen molar-refractivity contribution in [3.63, 3.8) is 0 Å². The average Bonchev–Trinajstić information content (AvgIpc) is 2.19. The summed E-state index contributed by atoms with van der Waals surface area (Å²) in [7, 11) is 0. The lowest BCUT2D eigenvalue weighted by Crippen LogP contribution is -2.04. The highest BCUT2D eigenvalue weighted by Gasteiger charge is 2.09. The van der Waals surface area contributed by atoms with E-state index in [9.17, 15) is 4.79 Å². The van der Waals surface area contributed by atoms with Gasteiger partial charge < -0.3 is 5.11 Å². The lowest BCUT2D eigenvalue weighted by molar-refractivity contribution is -0.136. The fraction of sp³-hybridized carbons (Fsp3) is 0.333. The molecule has 1 rings (SSSR count). The molecule has 78 valence electrons. The summed E-state index contributed by atoms with van der Waals surface area (Å²) in [4.78, 5) is 10.6. The number of nitrogens with zero attached hydrogens (tertiary/aromatic N) is 1. The number of carboxylic acid groups (broad SMARTS) is 1. The van der Waals surface area contributed by atoms with E-state index in [-0.39, 0.29) is 6.42 Å². The molecule has 0 fully saturated rings. The number of hydrogen-bond acceptors (Lipinski definition) is 2. The molecule has 0 heterocycles. The summed E-state index contributed by atoms with van der Waals surface area (Å²) in [5.74, 6) is -0.863. The molecule has 0 atom stereocenters. The normalized spacial score (nSPS) is 9.67. The number of aliphatic carboxylic acids is 1. The van der Waals surface area contributed by atoms with Gasteiger partial charge in [0, 0.05) is 0 Å². The van der Waals surface area contributed by atoms with Gasteiger partial charge in [0.2, 0.25) is 0 Å². The molecule has 0 saturated carbocycles. The van der Waals surface area contributed by atoms with Crippen LogP contribution in [0.4, 0.5) is 0 Å². The zero-order valence-electron chi connectivity index (χ0n) is 8.87. The van der Waals surface area contributed by atoms with E-state index in [1.54, 1.807) is 6.07 Å². The smallest absolute Gasteiger partial charge is 0.307 e. The monoisotopic (exact) mass is 203 g/mol. The molecule has 3 nitrogen and oxygen atoms in total. The van der Waals surface area contributed by atoms with Crippen LogP contribution in [0.25, 0.3) is 0 Å². The van der Waals surface area contributed by atoms with Gasteiger partial charge in [-0.2, -0.15) is 5.26 Å². The van der Waals surface area contributed by atoms with Gasteiger partial charge in [0.25, 0.3) is 0 Å². The van der Waals surface area contributed by atoms with Gasteiger partial charge in [0.1, 0.15) is 0 Å². The predicted octanol–water partition coefficient (Wildman–Crippen LogP) is 2.06. The number of carboxylic acids is 1.